The summed E-state index contributed by atoms with van der Waals surface area (Å²) in [6.07, 6.45) is 2.04. The quantitative estimate of drug-likeness (QED) is 0.493. The maximum absolute atomic E-state index is 12.6. The minimum absolute atomic E-state index is 0.151. The van der Waals surface area contributed by atoms with Crippen LogP contribution in [0.3, 0.4) is 0 Å². The van der Waals surface area contributed by atoms with Gasteiger partial charge in [-0.3, -0.25) is 4.79 Å². The first-order valence-electron chi connectivity index (χ1n) is 9.61. The average molecular weight is 418 g/mol. The third-order valence-corrected chi connectivity index (χ3v) is 4.80. The second kappa shape index (κ2) is 8.74. The molecular weight excluding hydrogens is 396 g/mol. The van der Waals surface area contributed by atoms with Crippen LogP contribution in [-0.4, -0.2) is 41.8 Å². The lowest BCUT2D eigenvalue weighted by Gasteiger charge is -2.12. The highest BCUT2D eigenvalue weighted by molar-refractivity contribution is 5.94. The van der Waals surface area contributed by atoms with Crippen LogP contribution in [0.4, 0.5) is 5.69 Å². The molecule has 31 heavy (non-hydrogen) atoms. The van der Waals surface area contributed by atoms with Gasteiger partial charge < -0.3 is 19.5 Å². The Bertz CT molecular complexity index is 1220. The largest absolute Gasteiger partial charge is 0.497 e. The fourth-order valence-corrected chi connectivity index (χ4v) is 3.20. The zero-order valence-electron chi connectivity index (χ0n) is 17.5. The van der Waals surface area contributed by atoms with Crippen molar-refractivity contribution in [2.45, 2.75) is 6.42 Å². The molecule has 158 valence electrons. The molecule has 0 spiro atoms. The predicted molar refractivity (Wildman–Crippen MR) is 117 cm³/mol. The van der Waals surface area contributed by atoms with Gasteiger partial charge in [0.1, 0.15) is 11.5 Å². The molecule has 0 aliphatic heterocycles. The number of aromatic nitrogens is 3. The van der Waals surface area contributed by atoms with Crippen LogP contribution in [0, 0.1) is 0 Å². The van der Waals surface area contributed by atoms with E-state index in [4.69, 9.17) is 14.2 Å². The number of nitrogens with zero attached hydrogens (tertiary/aromatic N) is 3. The van der Waals surface area contributed by atoms with Gasteiger partial charge >= 0.3 is 0 Å². The number of rotatable bonds is 7. The lowest BCUT2D eigenvalue weighted by Crippen LogP contribution is -2.15. The zero-order valence-corrected chi connectivity index (χ0v) is 17.5. The third kappa shape index (κ3) is 4.42. The Kier molecular flexibility index (Phi) is 5.70. The Morgan fingerprint density at radius 1 is 0.968 bits per heavy atom. The molecule has 4 rings (SSSR count). The summed E-state index contributed by atoms with van der Waals surface area (Å²) >= 11 is 0. The van der Waals surface area contributed by atoms with Gasteiger partial charge in [-0.05, 0) is 42.0 Å². The lowest BCUT2D eigenvalue weighted by atomic mass is 10.1. The first-order valence-corrected chi connectivity index (χ1v) is 9.61. The Hall–Kier alpha value is -4.07. The molecule has 8 heteroatoms. The molecule has 0 saturated carbocycles. The van der Waals surface area contributed by atoms with Crippen molar-refractivity contribution < 1.29 is 19.0 Å². The number of carbonyl (C=O) groups excluding carboxylic acids is 1. The number of imidazole rings is 1. The van der Waals surface area contributed by atoms with Crippen LogP contribution in [0.25, 0.3) is 16.9 Å². The Labute approximate surface area is 179 Å². The van der Waals surface area contributed by atoms with Gasteiger partial charge in [-0.1, -0.05) is 12.1 Å². The van der Waals surface area contributed by atoms with Crippen LogP contribution in [0.5, 0.6) is 17.4 Å². The summed E-state index contributed by atoms with van der Waals surface area (Å²) in [7, 11) is 4.74. The highest BCUT2D eigenvalue weighted by atomic mass is 16.5. The van der Waals surface area contributed by atoms with E-state index < -0.39 is 0 Å². The molecule has 8 nitrogen and oxygen atoms in total. The first kappa shape index (κ1) is 20.2. The molecule has 0 radical (unpaired) electrons. The highest BCUT2D eigenvalue weighted by Crippen LogP contribution is 2.30. The Balaban J connectivity index is 1.57. The molecule has 2 heterocycles. The molecular formula is C23H22N4O4. The van der Waals surface area contributed by atoms with Gasteiger partial charge in [-0.25, -0.2) is 9.50 Å². The van der Waals surface area contributed by atoms with Crippen molar-refractivity contribution in [1.29, 1.82) is 0 Å². The second-order valence-electron chi connectivity index (χ2n) is 6.79. The van der Waals surface area contributed by atoms with Crippen molar-refractivity contribution >= 4 is 17.2 Å². The second-order valence-corrected chi connectivity index (χ2v) is 6.79. The van der Waals surface area contributed by atoms with E-state index >= 15 is 0 Å². The van der Waals surface area contributed by atoms with Crippen LogP contribution in [-0.2, 0) is 11.2 Å². The number of methoxy groups -OCH3 is 3. The number of hydrogen-bond acceptors (Lipinski definition) is 6. The first-order chi connectivity index (χ1) is 15.1. The van der Waals surface area contributed by atoms with Crippen molar-refractivity contribution in [2.24, 2.45) is 0 Å². The summed E-state index contributed by atoms with van der Waals surface area (Å²) in [4.78, 5) is 17.2. The van der Waals surface area contributed by atoms with Crippen molar-refractivity contribution in [3.8, 4) is 28.6 Å². The third-order valence-electron chi connectivity index (χ3n) is 4.80. The molecule has 0 aliphatic carbocycles. The summed E-state index contributed by atoms with van der Waals surface area (Å²) in [6, 6.07) is 16.5. The van der Waals surface area contributed by atoms with Gasteiger partial charge in [-0.15, -0.1) is 5.10 Å². The van der Waals surface area contributed by atoms with Gasteiger partial charge in [0.2, 0.25) is 11.8 Å². The molecule has 1 N–H and O–H groups in total. The minimum atomic E-state index is -0.151. The maximum Gasteiger partial charge on any atom is 0.231 e. The average Bonchev–Trinajstić information content (AvgIpc) is 3.22. The van der Waals surface area contributed by atoms with Crippen LogP contribution < -0.4 is 19.5 Å². The van der Waals surface area contributed by atoms with E-state index in [9.17, 15) is 4.79 Å². The van der Waals surface area contributed by atoms with Gasteiger partial charge in [0.15, 0.2) is 5.65 Å². The minimum Gasteiger partial charge on any atom is -0.497 e. The molecule has 2 aromatic carbocycles. The molecule has 0 aliphatic rings. The lowest BCUT2D eigenvalue weighted by molar-refractivity contribution is -0.115. The predicted octanol–water partition coefficient (Wildman–Crippen LogP) is 3.60. The molecule has 4 aromatic rings. The van der Waals surface area contributed by atoms with E-state index in [1.54, 1.807) is 38.0 Å². The topological polar surface area (TPSA) is 87.0 Å². The van der Waals surface area contributed by atoms with Gasteiger partial charge in [-0.2, -0.15) is 0 Å². The maximum atomic E-state index is 12.6. The monoisotopic (exact) mass is 418 g/mol. The number of hydrogen-bond donors (Lipinski definition) is 1. The van der Waals surface area contributed by atoms with Gasteiger partial charge in [0, 0.05) is 11.6 Å². The van der Waals surface area contributed by atoms with Gasteiger partial charge in [0.25, 0.3) is 0 Å². The van der Waals surface area contributed by atoms with Crippen LogP contribution in [0.15, 0.2) is 60.8 Å². The van der Waals surface area contributed by atoms with Crippen molar-refractivity contribution in [3.05, 3.63) is 66.4 Å². The molecule has 0 atom stereocenters. The van der Waals surface area contributed by atoms with Crippen molar-refractivity contribution in [2.75, 3.05) is 26.6 Å². The molecule has 1 amide bonds. The number of amides is 1. The van der Waals surface area contributed by atoms with Gasteiger partial charge in [0.05, 0.1) is 45.3 Å². The van der Waals surface area contributed by atoms with E-state index in [2.05, 4.69) is 15.4 Å². The number of carbonyl (C=O) groups is 1. The normalized spacial score (nSPS) is 10.7. The zero-order chi connectivity index (χ0) is 21.8. The molecule has 0 fully saturated rings. The fraction of sp³-hybridized carbons (Fsp3) is 0.174. The fourth-order valence-electron chi connectivity index (χ4n) is 3.20. The van der Waals surface area contributed by atoms with Crippen LogP contribution in [0.1, 0.15) is 5.56 Å². The summed E-state index contributed by atoms with van der Waals surface area (Å²) in [5, 5.41) is 7.27. The Morgan fingerprint density at radius 2 is 1.77 bits per heavy atom. The highest BCUT2D eigenvalue weighted by Gasteiger charge is 2.13. The van der Waals surface area contributed by atoms with E-state index in [1.807, 2.05) is 48.7 Å². The van der Waals surface area contributed by atoms with Crippen molar-refractivity contribution in [3.63, 3.8) is 0 Å². The van der Waals surface area contributed by atoms with E-state index in [0.717, 1.165) is 16.9 Å². The number of anilines is 1. The molecule has 0 unspecified atom stereocenters. The summed E-state index contributed by atoms with van der Waals surface area (Å²) < 4.78 is 17.4. The van der Waals surface area contributed by atoms with E-state index in [1.165, 1.54) is 0 Å². The summed E-state index contributed by atoms with van der Waals surface area (Å²) in [5.74, 6) is 1.66. The molecule has 0 saturated heterocycles. The SMILES string of the molecule is COc1ccc(CC(=O)Nc2cc(-c3cn4nc(OC)ccc4n3)ccc2OC)cc1. The van der Waals surface area contributed by atoms with Crippen molar-refractivity contribution in [1.82, 2.24) is 14.6 Å². The molecule has 0 bridgehead atoms. The standard InChI is InChI=1S/C23H22N4O4/c1-29-17-7-4-15(5-8-17)12-22(28)25-18-13-16(6-9-20(18)30-2)19-14-27-21(24-19)10-11-23(26-27)31-3/h4-11,13-14H,12H2,1-3H3,(H,25,28). The van der Waals surface area contributed by atoms with E-state index in [0.29, 0.717) is 28.7 Å². The molecule has 2 aromatic heterocycles. The number of benzene rings is 2. The number of ether oxygens (including phenoxy) is 3. The summed E-state index contributed by atoms with van der Waals surface area (Å²) in [5.41, 5.74) is 3.69. The van der Waals surface area contributed by atoms with Crippen LogP contribution >= 0.6 is 0 Å². The number of fused-ring (bicyclic) bond motifs is 1. The summed E-state index contributed by atoms with van der Waals surface area (Å²) in [6.45, 7) is 0. The Morgan fingerprint density at radius 3 is 2.48 bits per heavy atom. The smallest absolute Gasteiger partial charge is 0.231 e. The van der Waals surface area contributed by atoms with Crippen LogP contribution in [0.2, 0.25) is 0 Å². The number of nitrogens with one attached hydrogen (secondary N) is 1. The van der Waals surface area contributed by atoms with E-state index in [-0.39, 0.29) is 12.3 Å².